The Morgan fingerprint density at radius 3 is 2.55 bits per heavy atom. The maximum Gasteiger partial charge on any atom is 0.332 e. The average molecular weight is 437 g/mol. The van der Waals surface area contributed by atoms with E-state index in [1.54, 1.807) is 40.1 Å². The van der Waals surface area contributed by atoms with E-state index in [2.05, 4.69) is 5.32 Å². The molecule has 3 atom stereocenters. The van der Waals surface area contributed by atoms with E-state index in [1.807, 2.05) is 42.5 Å². The molecule has 0 radical (unpaired) electrons. The number of hydrogen-bond donors (Lipinski definition) is 1. The summed E-state index contributed by atoms with van der Waals surface area (Å²) in [6.07, 6.45) is 0.590. The van der Waals surface area contributed by atoms with Gasteiger partial charge in [-0.15, -0.1) is 0 Å². The highest BCUT2D eigenvalue weighted by Crippen LogP contribution is 2.43. The summed E-state index contributed by atoms with van der Waals surface area (Å²) in [6.45, 7) is 0.381. The minimum Gasteiger partial charge on any atom is -0.317 e. The molecule has 1 N–H and O–H groups in total. The summed E-state index contributed by atoms with van der Waals surface area (Å²) in [7, 11) is 0. The second kappa shape index (κ2) is 7.07. The predicted molar refractivity (Wildman–Crippen MR) is 122 cm³/mol. The lowest BCUT2D eigenvalue weighted by atomic mass is 10.1. The smallest absolute Gasteiger partial charge is 0.317 e. The number of likely N-dealkylation sites (tertiary alicyclic amines) is 1. The highest BCUT2D eigenvalue weighted by atomic mass is 16.2. The molecule has 3 aromatic rings. The molecule has 0 aliphatic carbocycles. The first-order valence-electron chi connectivity index (χ1n) is 10.8. The topological polar surface area (TPSA) is 96.7 Å². The van der Waals surface area contributed by atoms with E-state index in [4.69, 9.17) is 5.26 Å². The van der Waals surface area contributed by atoms with Gasteiger partial charge in [0, 0.05) is 17.6 Å². The van der Waals surface area contributed by atoms with Crippen LogP contribution in [0.15, 0.2) is 66.7 Å². The van der Waals surface area contributed by atoms with Crippen LogP contribution in [0.4, 0.5) is 21.0 Å². The monoisotopic (exact) mass is 437 g/mol. The van der Waals surface area contributed by atoms with Gasteiger partial charge in [0.15, 0.2) is 0 Å². The van der Waals surface area contributed by atoms with Crippen molar-refractivity contribution in [3.63, 3.8) is 0 Å². The van der Waals surface area contributed by atoms with Crippen molar-refractivity contribution >= 4 is 40.1 Å². The maximum atomic E-state index is 13.5. The van der Waals surface area contributed by atoms with Gasteiger partial charge in [0.25, 0.3) is 5.91 Å². The Kier molecular flexibility index (Phi) is 4.14. The molecule has 3 aliphatic heterocycles. The zero-order valence-corrected chi connectivity index (χ0v) is 17.5. The molecule has 2 bridgehead atoms. The first-order valence-corrected chi connectivity index (χ1v) is 10.8. The van der Waals surface area contributed by atoms with Crippen LogP contribution in [0.25, 0.3) is 10.8 Å². The van der Waals surface area contributed by atoms with E-state index in [0.717, 1.165) is 10.8 Å². The summed E-state index contributed by atoms with van der Waals surface area (Å²) in [6, 6.07) is 20.0. The number of fused-ring (bicyclic) bond motifs is 6. The summed E-state index contributed by atoms with van der Waals surface area (Å²) in [5.41, 5.74) is 1.66. The molecular formula is C25H19N5O3. The van der Waals surface area contributed by atoms with Crippen molar-refractivity contribution in [2.75, 3.05) is 16.8 Å². The molecule has 8 heteroatoms. The third-order valence-electron chi connectivity index (χ3n) is 6.80. The number of nitrogens with zero attached hydrogens (tertiary/aromatic N) is 4. The number of nitrogens with one attached hydrogen (secondary N) is 1. The van der Waals surface area contributed by atoms with E-state index in [9.17, 15) is 14.4 Å². The number of rotatable bonds is 2. The molecule has 6 rings (SSSR count). The van der Waals surface area contributed by atoms with E-state index in [0.29, 0.717) is 29.9 Å². The van der Waals surface area contributed by atoms with Crippen molar-refractivity contribution in [2.24, 2.45) is 0 Å². The van der Waals surface area contributed by atoms with Crippen molar-refractivity contribution in [3.05, 3.63) is 72.3 Å². The second-order valence-electron chi connectivity index (χ2n) is 8.54. The van der Waals surface area contributed by atoms with E-state index in [-0.39, 0.29) is 30.1 Å². The highest BCUT2D eigenvalue weighted by Gasteiger charge is 2.63. The number of piperazine rings is 1. The largest absolute Gasteiger partial charge is 0.332 e. The zero-order chi connectivity index (χ0) is 22.7. The SMILES string of the molecule is N#Cc1ccc(NC(=O)N2CC3CC2[C@H]2C(=O)N(c4cccc5ccccc45)C(=O)N32)cc1. The Morgan fingerprint density at radius 2 is 1.76 bits per heavy atom. The van der Waals surface area contributed by atoms with E-state index < -0.39 is 6.04 Å². The second-order valence-corrected chi connectivity index (χ2v) is 8.54. The molecule has 3 heterocycles. The third kappa shape index (κ3) is 2.79. The van der Waals surface area contributed by atoms with Gasteiger partial charge in [-0.1, -0.05) is 36.4 Å². The molecule has 3 saturated heterocycles. The number of benzene rings is 3. The van der Waals surface area contributed by atoms with Crippen molar-refractivity contribution < 1.29 is 14.4 Å². The van der Waals surface area contributed by atoms with Gasteiger partial charge in [-0.25, -0.2) is 14.5 Å². The lowest BCUT2D eigenvalue weighted by Crippen LogP contribution is -2.55. The van der Waals surface area contributed by atoms with Crippen molar-refractivity contribution in [2.45, 2.75) is 24.5 Å². The van der Waals surface area contributed by atoms with E-state index >= 15 is 0 Å². The number of imide groups is 1. The fourth-order valence-electron chi connectivity index (χ4n) is 5.34. The first-order chi connectivity index (χ1) is 16.1. The number of anilines is 2. The van der Waals surface area contributed by atoms with Gasteiger partial charge in [-0.2, -0.15) is 5.26 Å². The van der Waals surface area contributed by atoms with E-state index in [1.165, 1.54) is 4.90 Å². The molecule has 5 amide bonds. The van der Waals surface area contributed by atoms with Crippen LogP contribution in [0.2, 0.25) is 0 Å². The molecule has 162 valence electrons. The molecule has 0 spiro atoms. The third-order valence-corrected chi connectivity index (χ3v) is 6.80. The lowest BCUT2D eigenvalue weighted by molar-refractivity contribution is -0.120. The first kappa shape index (κ1) is 19.3. The summed E-state index contributed by atoms with van der Waals surface area (Å²) < 4.78 is 0. The zero-order valence-electron chi connectivity index (χ0n) is 17.5. The molecule has 3 fully saturated rings. The Hall–Kier alpha value is -4.38. The average Bonchev–Trinajstić information content (AvgIpc) is 3.51. The van der Waals surface area contributed by atoms with Crippen LogP contribution < -0.4 is 10.2 Å². The van der Waals surface area contributed by atoms with Crippen molar-refractivity contribution in [1.82, 2.24) is 9.80 Å². The summed E-state index contributed by atoms with van der Waals surface area (Å²) in [5, 5.41) is 13.6. The van der Waals surface area contributed by atoms with Crippen LogP contribution in [0, 0.1) is 11.3 Å². The van der Waals surface area contributed by atoms with Gasteiger partial charge < -0.3 is 15.1 Å². The normalized spacial score (nSPS) is 23.2. The fraction of sp³-hybridized carbons (Fsp3) is 0.200. The Balaban J connectivity index is 1.27. The van der Waals surface area contributed by atoms with Gasteiger partial charge in [-0.3, -0.25) is 4.79 Å². The van der Waals surface area contributed by atoms with Crippen molar-refractivity contribution in [3.8, 4) is 6.07 Å². The maximum absolute atomic E-state index is 13.5. The van der Waals surface area contributed by atoms with Crippen LogP contribution in [0.1, 0.15) is 12.0 Å². The molecular weight excluding hydrogens is 418 g/mol. The minimum absolute atomic E-state index is 0.192. The number of carbonyl (C=O) groups excluding carboxylic acids is 3. The minimum atomic E-state index is -0.679. The van der Waals surface area contributed by atoms with Gasteiger partial charge in [0.05, 0.1) is 29.4 Å². The lowest BCUT2D eigenvalue weighted by Gasteiger charge is -2.34. The number of hydrogen-bond acceptors (Lipinski definition) is 4. The quantitative estimate of drug-likeness (QED) is 0.620. The number of nitriles is 1. The molecule has 0 saturated carbocycles. The molecule has 8 nitrogen and oxygen atoms in total. The molecule has 0 aromatic heterocycles. The highest BCUT2D eigenvalue weighted by molar-refractivity contribution is 6.25. The predicted octanol–water partition coefficient (Wildman–Crippen LogP) is 3.54. The Morgan fingerprint density at radius 1 is 1.00 bits per heavy atom. The van der Waals surface area contributed by atoms with Crippen LogP contribution in [-0.2, 0) is 4.79 Å². The van der Waals surface area contributed by atoms with Crippen LogP contribution in [0.3, 0.4) is 0 Å². The van der Waals surface area contributed by atoms with Crippen molar-refractivity contribution in [1.29, 1.82) is 5.26 Å². The van der Waals surface area contributed by atoms with Gasteiger partial charge in [-0.05, 0) is 42.1 Å². The van der Waals surface area contributed by atoms with Crippen LogP contribution >= 0.6 is 0 Å². The molecule has 33 heavy (non-hydrogen) atoms. The van der Waals surface area contributed by atoms with Gasteiger partial charge in [0.1, 0.15) is 6.04 Å². The molecule has 2 unspecified atom stereocenters. The van der Waals surface area contributed by atoms with Gasteiger partial charge in [0.2, 0.25) is 0 Å². The summed E-state index contributed by atoms with van der Waals surface area (Å²) in [4.78, 5) is 44.4. The van der Waals surface area contributed by atoms with Gasteiger partial charge >= 0.3 is 12.1 Å². The molecule has 3 aliphatic rings. The Bertz CT molecular complexity index is 1360. The standard InChI is InChI=1S/C25H19N5O3/c26-13-15-8-10-17(11-9-15)27-24(32)28-14-18-12-21(28)22-23(31)30(25(33)29(18)22)20-7-3-5-16-4-1-2-6-19(16)20/h1-11,18,21-22H,12,14H2,(H,27,32)/t18?,21?,22-/m0/s1. The van der Waals surface area contributed by atoms with Crippen LogP contribution in [-0.4, -0.2) is 52.4 Å². The summed E-state index contributed by atoms with van der Waals surface area (Å²) in [5.74, 6) is -0.292. The molecule has 3 aromatic carbocycles. The number of amides is 5. The number of urea groups is 2. The number of carbonyl (C=O) groups is 3. The summed E-state index contributed by atoms with van der Waals surface area (Å²) >= 11 is 0. The van der Waals surface area contributed by atoms with Crippen LogP contribution in [0.5, 0.6) is 0 Å². The Labute approximate surface area is 189 Å². The fourth-order valence-corrected chi connectivity index (χ4v) is 5.34.